The lowest BCUT2D eigenvalue weighted by molar-refractivity contribution is -0.509. The number of rotatable bonds is 9. The summed E-state index contributed by atoms with van der Waals surface area (Å²) in [6.45, 7) is 1.79. The van der Waals surface area contributed by atoms with Crippen molar-refractivity contribution in [2.75, 3.05) is 0 Å². The maximum atomic E-state index is 10.5. The van der Waals surface area contributed by atoms with Gasteiger partial charge in [-0.05, 0) is 25.3 Å². The highest BCUT2D eigenvalue weighted by Crippen LogP contribution is 2.03. The second-order valence-electron chi connectivity index (χ2n) is 3.71. The Bertz CT molecular complexity index is 300. The van der Waals surface area contributed by atoms with Crippen LogP contribution in [0.2, 0.25) is 0 Å². The van der Waals surface area contributed by atoms with Gasteiger partial charge in [0.05, 0.1) is 0 Å². The van der Waals surface area contributed by atoms with Crippen LogP contribution in [0.5, 0.6) is 0 Å². The summed E-state index contributed by atoms with van der Waals surface area (Å²) >= 11 is 3.68. The molecule has 96 valence electrons. The fourth-order valence-corrected chi connectivity index (χ4v) is 1.42. The number of hydrogen-bond donors (Lipinski definition) is 1. The van der Waals surface area contributed by atoms with Gasteiger partial charge in [0, 0.05) is 17.8 Å². The third kappa shape index (κ3) is 9.81. The van der Waals surface area contributed by atoms with Crippen LogP contribution in [-0.2, 0) is 4.79 Å². The molecule has 0 rings (SSSR count). The van der Waals surface area contributed by atoms with Crippen LogP contribution in [0.25, 0.3) is 0 Å². The highest BCUT2D eigenvalue weighted by atomic mass is 32.1. The molecule has 0 N–H and O–H groups in total. The second-order valence-corrected chi connectivity index (χ2v) is 4.21. The van der Waals surface area contributed by atoms with E-state index in [2.05, 4.69) is 12.6 Å². The Labute approximate surface area is 107 Å². The molecule has 1 atom stereocenters. The third-order valence-electron chi connectivity index (χ3n) is 2.28. The van der Waals surface area contributed by atoms with Crippen molar-refractivity contribution in [3.05, 3.63) is 34.4 Å². The number of nitrogens with zero attached hydrogens (tertiary/aromatic N) is 1. The van der Waals surface area contributed by atoms with Gasteiger partial charge >= 0.3 is 0 Å². The molecule has 0 saturated carbocycles. The molecule has 17 heavy (non-hydrogen) atoms. The van der Waals surface area contributed by atoms with Gasteiger partial charge in [-0.2, -0.15) is 0 Å². The summed E-state index contributed by atoms with van der Waals surface area (Å²) in [6, 6.07) is -0.596. The summed E-state index contributed by atoms with van der Waals surface area (Å²) in [5.41, 5.74) is 0. The topological polar surface area (TPSA) is 60.2 Å². The van der Waals surface area contributed by atoms with Crippen LogP contribution in [0.4, 0.5) is 0 Å². The Balaban J connectivity index is 3.69. The maximum Gasteiger partial charge on any atom is 0.231 e. The predicted octanol–water partition coefficient (Wildman–Crippen LogP) is 3.17. The number of thiol groups is 1. The molecule has 0 fully saturated rings. The molecule has 0 aromatic heterocycles. The quantitative estimate of drug-likeness (QED) is 0.227. The number of hydrogen-bond acceptors (Lipinski definition) is 3. The molecule has 0 spiro atoms. The first kappa shape index (κ1) is 15.9. The molecule has 4 nitrogen and oxygen atoms in total. The zero-order valence-electron chi connectivity index (χ0n) is 10.0. The average Bonchev–Trinajstić information content (AvgIpc) is 2.26. The van der Waals surface area contributed by atoms with Gasteiger partial charge in [0.1, 0.15) is 0 Å². The van der Waals surface area contributed by atoms with Crippen LogP contribution >= 0.6 is 12.6 Å². The van der Waals surface area contributed by atoms with Crippen LogP contribution in [0.1, 0.15) is 39.0 Å². The van der Waals surface area contributed by atoms with Crippen molar-refractivity contribution in [2.24, 2.45) is 0 Å². The zero-order chi connectivity index (χ0) is 13.1. The van der Waals surface area contributed by atoms with Crippen molar-refractivity contribution >= 4 is 17.7 Å². The van der Waals surface area contributed by atoms with E-state index >= 15 is 0 Å². The number of nitro groups is 1. The van der Waals surface area contributed by atoms with Gasteiger partial charge in [0.2, 0.25) is 6.04 Å². The molecule has 0 aliphatic heterocycles. The monoisotopic (exact) mass is 257 g/mol. The van der Waals surface area contributed by atoms with Gasteiger partial charge < -0.3 is 0 Å². The Morgan fingerprint density at radius 1 is 1.41 bits per heavy atom. The molecule has 5 heteroatoms. The van der Waals surface area contributed by atoms with Crippen molar-refractivity contribution in [1.29, 1.82) is 0 Å². The Hall–Kier alpha value is -1.10. The summed E-state index contributed by atoms with van der Waals surface area (Å²) in [5, 5.41) is 10.4. The number of carbonyl (C=O) groups is 1. The van der Waals surface area contributed by atoms with Crippen LogP contribution < -0.4 is 0 Å². The minimum Gasteiger partial charge on any atom is -0.288 e. The molecular formula is C12H19NO3S. The summed E-state index contributed by atoms with van der Waals surface area (Å²) in [4.78, 5) is 20.7. The average molecular weight is 257 g/mol. The van der Waals surface area contributed by atoms with Gasteiger partial charge in [-0.15, -0.1) is 12.6 Å². The summed E-state index contributed by atoms with van der Waals surface area (Å²) < 4.78 is 0. The van der Waals surface area contributed by atoms with Crippen molar-refractivity contribution in [1.82, 2.24) is 0 Å². The lowest BCUT2D eigenvalue weighted by atomic mass is 10.2. The first-order valence-electron chi connectivity index (χ1n) is 5.76. The smallest absolute Gasteiger partial charge is 0.231 e. The normalized spacial score (nSPS) is 13.3. The van der Waals surface area contributed by atoms with E-state index in [0.29, 0.717) is 12.8 Å². The van der Waals surface area contributed by atoms with E-state index in [1.54, 1.807) is 19.1 Å². The minimum atomic E-state index is -0.596. The van der Waals surface area contributed by atoms with E-state index < -0.39 is 6.04 Å². The third-order valence-corrected chi connectivity index (χ3v) is 2.50. The van der Waals surface area contributed by atoms with E-state index in [1.165, 1.54) is 0 Å². The van der Waals surface area contributed by atoms with E-state index in [-0.39, 0.29) is 10.0 Å². The summed E-state index contributed by atoms with van der Waals surface area (Å²) in [6.07, 6.45) is 10.7. The molecule has 0 amide bonds. The highest BCUT2D eigenvalue weighted by molar-refractivity contribution is 7.96. The van der Waals surface area contributed by atoms with Gasteiger partial charge in [-0.1, -0.05) is 25.2 Å². The van der Waals surface area contributed by atoms with E-state index in [9.17, 15) is 14.9 Å². The van der Waals surface area contributed by atoms with E-state index in [0.717, 1.165) is 19.3 Å². The summed E-state index contributed by atoms with van der Waals surface area (Å²) in [5.74, 6) is 0. The molecule has 0 aromatic carbocycles. The molecule has 1 unspecified atom stereocenters. The molecule has 0 radical (unpaired) electrons. The Morgan fingerprint density at radius 2 is 2.12 bits per heavy atom. The first-order chi connectivity index (χ1) is 8.07. The van der Waals surface area contributed by atoms with Gasteiger partial charge in [-0.3, -0.25) is 14.9 Å². The highest BCUT2D eigenvalue weighted by Gasteiger charge is 2.10. The Morgan fingerprint density at radius 3 is 2.65 bits per heavy atom. The number of carbonyl (C=O) groups excluding carboxylic acids is 1. The maximum absolute atomic E-state index is 10.5. The lowest BCUT2D eigenvalue weighted by Crippen LogP contribution is -2.14. The molecule has 0 aromatic rings. The van der Waals surface area contributed by atoms with Crippen molar-refractivity contribution < 1.29 is 9.72 Å². The second kappa shape index (κ2) is 10.1. The van der Waals surface area contributed by atoms with Crippen LogP contribution in [0.3, 0.4) is 0 Å². The fraction of sp³-hybridized carbons (Fsp3) is 0.583. The SMILES string of the molecule is CCC(C=CC=CCCCCC(=O)S)[N+](=O)[O-]. The molecular weight excluding hydrogens is 238 g/mol. The van der Waals surface area contributed by atoms with Crippen molar-refractivity contribution in [2.45, 2.75) is 45.1 Å². The predicted molar refractivity (Wildman–Crippen MR) is 71.8 cm³/mol. The molecule has 0 aliphatic carbocycles. The van der Waals surface area contributed by atoms with Crippen LogP contribution in [-0.4, -0.2) is 16.1 Å². The van der Waals surface area contributed by atoms with Crippen molar-refractivity contribution in [3.8, 4) is 0 Å². The van der Waals surface area contributed by atoms with E-state index in [4.69, 9.17) is 0 Å². The zero-order valence-corrected chi connectivity index (χ0v) is 10.9. The van der Waals surface area contributed by atoms with Gasteiger partial charge in [-0.25, -0.2) is 0 Å². The molecule has 0 bridgehead atoms. The van der Waals surface area contributed by atoms with Gasteiger partial charge in [0.25, 0.3) is 0 Å². The number of allylic oxidation sites excluding steroid dienone is 3. The molecule has 0 aliphatic rings. The van der Waals surface area contributed by atoms with Crippen LogP contribution in [0, 0.1) is 10.1 Å². The van der Waals surface area contributed by atoms with Gasteiger partial charge in [0.15, 0.2) is 5.12 Å². The number of unbranched alkanes of at least 4 members (excludes halogenated alkanes) is 2. The van der Waals surface area contributed by atoms with Crippen LogP contribution in [0.15, 0.2) is 24.3 Å². The molecule has 0 saturated heterocycles. The first-order valence-corrected chi connectivity index (χ1v) is 6.21. The van der Waals surface area contributed by atoms with Crippen molar-refractivity contribution in [3.63, 3.8) is 0 Å². The standard InChI is InChI=1S/C12H19NO3S/c1-2-11(13(15)16)9-7-5-3-4-6-8-10-12(14)17/h3,5,7,9,11H,2,4,6,8,10H2,1H3,(H,14,17). The van der Waals surface area contributed by atoms with E-state index in [1.807, 2.05) is 12.2 Å². The summed E-state index contributed by atoms with van der Waals surface area (Å²) in [7, 11) is 0. The fourth-order valence-electron chi connectivity index (χ4n) is 1.26. The largest absolute Gasteiger partial charge is 0.288 e. The minimum absolute atomic E-state index is 0.0781. The lowest BCUT2D eigenvalue weighted by Gasteiger charge is -1.98. The molecule has 0 heterocycles. The Kier molecular flexibility index (Phi) is 9.43.